The first-order valence-corrected chi connectivity index (χ1v) is 28.0. The second-order valence-corrected chi connectivity index (χ2v) is 26.1. The molecule has 0 atom stereocenters. The lowest BCUT2D eigenvalue weighted by Gasteiger charge is -2.29. The Kier molecular flexibility index (Phi) is 19.2. The Morgan fingerprint density at radius 3 is 1.51 bits per heavy atom. The SMILES string of the molecule is CCSc1cc2ccccc2cc1C=Nc1c(C)cccc1C.CC[Si](CC)(CC)Sc1c(C=Nc2c(C)cccc2C)cc(C)c(C)c1C.Oc1ccccc1C=Nc1ccccc1. The van der Waals surface area contributed by atoms with Gasteiger partial charge in [-0.3, -0.25) is 15.0 Å². The van der Waals surface area contributed by atoms with Crippen LogP contribution in [0.15, 0.2) is 158 Å². The number of phenols is 1. The van der Waals surface area contributed by atoms with E-state index in [4.69, 9.17) is 9.98 Å². The Balaban J connectivity index is 0.000000190. The number of hydrogen-bond donors (Lipinski definition) is 1. The van der Waals surface area contributed by atoms with Crippen molar-refractivity contribution in [2.75, 3.05) is 5.75 Å². The minimum absolute atomic E-state index is 0.247. The van der Waals surface area contributed by atoms with Crippen molar-refractivity contribution in [3.8, 4) is 5.75 Å². The second kappa shape index (κ2) is 24.7. The normalized spacial score (nSPS) is 11.6. The summed E-state index contributed by atoms with van der Waals surface area (Å²) in [4.78, 5) is 16.7. The highest BCUT2D eigenvalue weighted by Gasteiger charge is 2.30. The molecule has 0 amide bonds. The lowest BCUT2D eigenvalue weighted by atomic mass is 10.0. The maximum atomic E-state index is 9.50. The highest BCUT2D eigenvalue weighted by molar-refractivity contribution is 8.29. The van der Waals surface area contributed by atoms with Crippen molar-refractivity contribution in [1.29, 1.82) is 0 Å². The van der Waals surface area contributed by atoms with Gasteiger partial charge in [-0.1, -0.05) is 137 Å². The number of benzene rings is 7. The van der Waals surface area contributed by atoms with Gasteiger partial charge in [0, 0.05) is 45.1 Å². The first-order chi connectivity index (χ1) is 31.3. The third-order valence-corrected chi connectivity index (χ3v) is 22.7. The molecule has 0 spiro atoms. The number of aliphatic imine (C=N–C) groups is 3. The molecule has 0 fully saturated rings. The number of aromatic hydroxyl groups is 1. The number of para-hydroxylation sites is 4. The first kappa shape index (κ1) is 50.5. The Labute approximate surface area is 399 Å². The fraction of sp³-hybridized carbons (Fsp3) is 0.259. The molecule has 7 heteroatoms. The van der Waals surface area contributed by atoms with E-state index < -0.39 is 7.22 Å². The lowest BCUT2D eigenvalue weighted by Crippen LogP contribution is -2.27. The number of thioether (sulfide) groups is 1. The van der Waals surface area contributed by atoms with Crippen LogP contribution in [-0.4, -0.2) is 36.7 Å². The average Bonchev–Trinajstić information content (AvgIpc) is 3.31. The van der Waals surface area contributed by atoms with Gasteiger partial charge in [-0.05, 0) is 146 Å². The molecule has 0 aromatic heterocycles. The average molecular weight is 914 g/mol. The van der Waals surface area contributed by atoms with Gasteiger partial charge in [0.05, 0.1) is 17.1 Å². The van der Waals surface area contributed by atoms with Gasteiger partial charge < -0.3 is 5.11 Å². The Morgan fingerprint density at radius 1 is 0.477 bits per heavy atom. The Bertz CT molecular complexity index is 2710. The van der Waals surface area contributed by atoms with Crippen LogP contribution < -0.4 is 0 Å². The number of rotatable bonds is 13. The Hall–Kier alpha value is -5.47. The highest BCUT2D eigenvalue weighted by atomic mass is 32.4. The molecule has 0 unspecified atom stereocenters. The summed E-state index contributed by atoms with van der Waals surface area (Å²) in [5.41, 5.74) is 15.4. The van der Waals surface area contributed by atoms with Crippen molar-refractivity contribution in [1.82, 2.24) is 0 Å². The van der Waals surface area contributed by atoms with Gasteiger partial charge in [-0.2, -0.15) is 11.2 Å². The predicted octanol–water partition coefficient (Wildman–Crippen LogP) is 17.5. The van der Waals surface area contributed by atoms with Gasteiger partial charge in [-0.15, -0.1) is 11.8 Å². The maximum absolute atomic E-state index is 9.50. The molecule has 1 N–H and O–H groups in total. The number of hydrogen-bond acceptors (Lipinski definition) is 6. The summed E-state index contributed by atoms with van der Waals surface area (Å²) in [5, 5.41) is 12.0. The maximum Gasteiger partial charge on any atom is 0.124 e. The van der Waals surface area contributed by atoms with Crippen LogP contribution in [0.25, 0.3) is 10.8 Å². The standard InChI is InChI=1S/C24H35NSSi.C21H21NS.C13H11NO/c1-9-27(10-2,11-3)26-24-21(8)20(7)19(6)15-22(24)16-25-23-17(4)13-12-14-18(23)5;1-4-23-20-13-18-11-6-5-10-17(18)12-19(20)14-22-21-15(2)8-7-9-16(21)3;15-13-9-5-4-6-11(13)10-14-12-7-2-1-3-8-12/h12-16H,9-11H2,1-8H3;5-14H,4H2,1-3H3;1-10,15H. The minimum atomic E-state index is -1.34. The highest BCUT2D eigenvalue weighted by Crippen LogP contribution is 2.42. The third kappa shape index (κ3) is 13.8. The van der Waals surface area contributed by atoms with E-state index in [2.05, 4.69) is 177 Å². The van der Waals surface area contributed by atoms with Crippen LogP contribution in [0.4, 0.5) is 17.1 Å². The molecule has 0 radical (unpaired) electrons. The molecule has 336 valence electrons. The van der Waals surface area contributed by atoms with E-state index in [1.54, 1.807) is 18.3 Å². The summed E-state index contributed by atoms with van der Waals surface area (Å²) in [6.45, 7) is 24.6. The first-order valence-electron chi connectivity index (χ1n) is 22.9. The summed E-state index contributed by atoms with van der Waals surface area (Å²) >= 11 is 4.07. The summed E-state index contributed by atoms with van der Waals surface area (Å²) < 4.78 is 0. The fourth-order valence-corrected chi connectivity index (χ4v) is 14.8. The van der Waals surface area contributed by atoms with Gasteiger partial charge in [-0.25, -0.2) is 0 Å². The molecule has 0 heterocycles. The summed E-state index contributed by atoms with van der Waals surface area (Å²) in [5.74, 6) is 1.31. The van der Waals surface area contributed by atoms with Crippen LogP contribution in [0.2, 0.25) is 18.1 Å². The zero-order chi connectivity index (χ0) is 46.9. The van der Waals surface area contributed by atoms with Crippen LogP contribution in [0.3, 0.4) is 0 Å². The molecular weight excluding hydrogens is 847 g/mol. The van der Waals surface area contributed by atoms with E-state index in [-0.39, 0.29) is 5.75 Å². The molecule has 0 aliphatic heterocycles. The molecule has 0 bridgehead atoms. The number of fused-ring (bicyclic) bond motifs is 1. The number of aryl methyl sites for hydroxylation is 5. The quantitative estimate of drug-likeness (QED) is 0.0712. The molecule has 0 saturated heterocycles. The fourth-order valence-electron chi connectivity index (χ4n) is 7.66. The molecule has 7 aromatic rings. The number of phenolic OH excluding ortho intramolecular Hbond substituents is 1. The van der Waals surface area contributed by atoms with Crippen LogP contribution in [0.1, 0.15) is 83.3 Å². The summed E-state index contributed by atoms with van der Waals surface area (Å²) in [6.07, 6.45) is 5.78. The molecule has 0 saturated carbocycles. The molecule has 4 nitrogen and oxygen atoms in total. The molecule has 0 aliphatic rings. The van der Waals surface area contributed by atoms with Crippen molar-refractivity contribution in [3.63, 3.8) is 0 Å². The van der Waals surface area contributed by atoms with E-state index in [9.17, 15) is 5.11 Å². The van der Waals surface area contributed by atoms with Crippen molar-refractivity contribution in [3.05, 3.63) is 189 Å². The van der Waals surface area contributed by atoms with Gasteiger partial charge in [0.15, 0.2) is 0 Å². The van der Waals surface area contributed by atoms with Crippen LogP contribution in [0, 0.1) is 48.5 Å². The van der Waals surface area contributed by atoms with Gasteiger partial charge in [0.2, 0.25) is 0 Å². The smallest absolute Gasteiger partial charge is 0.124 e. The van der Waals surface area contributed by atoms with E-state index >= 15 is 0 Å². The van der Waals surface area contributed by atoms with E-state index in [0.29, 0.717) is 0 Å². The van der Waals surface area contributed by atoms with Gasteiger partial charge >= 0.3 is 0 Å². The Morgan fingerprint density at radius 2 is 0.969 bits per heavy atom. The monoisotopic (exact) mass is 913 g/mol. The van der Waals surface area contributed by atoms with Crippen molar-refractivity contribution in [2.45, 2.75) is 104 Å². The summed E-state index contributed by atoms with van der Waals surface area (Å²) in [6, 6.07) is 48.8. The predicted molar refractivity (Wildman–Crippen MR) is 292 cm³/mol. The van der Waals surface area contributed by atoms with Crippen molar-refractivity contribution in [2.24, 2.45) is 15.0 Å². The molecule has 0 aliphatic carbocycles. The van der Waals surface area contributed by atoms with E-state index in [1.807, 2.05) is 60.4 Å². The van der Waals surface area contributed by atoms with E-state index in [0.717, 1.165) is 28.4 Å². The second-order valence-electron chi connectivity index (χ2n) is 16.5. The van der Waals surface area contributed by atoms with Crippen molar-refractivity contribution < 1.29 is 5.11 Å². The van der Waals surface area contributed by atoms with Gasteiger partial charge in [0.25, 0.3) is 0 Å². The third-order valence-electron chi connectivity index (χ3n) is 12.1. The zero-order valence-electron chi connectivity index (χ0n) is 40.4. The molecular formula is C58H67N3OS2Si. The van der Waals surface area contributed by atoms with Crippen LogP contribution in [-0.2, 0) is 0 Å². The van der Waals surface area contributed by atoms with Crippen LogP contribution >= 0.6 is 23.0 Å². The topological polar surface area (TPSA) is 57.3 Å². The zero-order valence-corrected chi connectivity index (χ0v) is 43.0. The molecule has 7 rings (SSSR count). The minimum Gasteiger partial charge on any atom is -0.507 e. The largest absolute Gasteiger partial charge is 0.507 e. The number of nitrogens with zero attached hydrogens (tertiary/aromatic N) is 3. The van der Waals surface area contributed by atoms with E-state index in [1.165, 1.54) is 88.8 Å². The van der Waals surface area contributed by atoms with Gasteiger partial charge in [0.1, 0.15) is 13.0 Å². The molecule has 65 heavy (non-hydrogen) atoms. The molecule has 7 aromatic carbocycles. The summed E-state index contributed by atoms with van der Waals surface area (Å²) in [7, 11) is -1.34. The van der Waals surface area contributed by atoms with Crippen LogP contribution in [0.5, 0.6) is 5.75 Å². The van der Waals surface area contributed by atoms with Crippen molar-refractivity contribution >= 4 is 76.7 Å². The lowest BCUT2D eigenvalue weighted by molar-refractivity contribution is 0.474.